The fraction of sp³-hybridized carbons (Fsp3) is 0.739. The van der Waals surface area contributed by atoms with Gasteiger partial charge >= 0.3 is 26.4 Å². The lowest BCUT2D eigenvalue weighted by Gasteiger charge is -2.42. The molecule has 17 atom stereocenters. The molecule has 8 aliphatic rings. The second kappa shape index (κ2) is 24.2. The van der Waals surface area contributed by atoms with Gasteiger partial charge in [0.05, 0.1) is 6.26 Å². The maximum Gasteiger partial charge on any atom is 0.556 e. The zero-order valence-electron chi connectivity index (χ0n) is 38.7. The van der Waals surface area contributed by atoms with Crippen molar-refractivity contribution in [3.8, 4) is 0 Å². The van der Waals surface area contributed by atoms with Crippen LogP contribution in [0.1, 0.15) is 75.5 Å². The molecule has 8 rings (SSSR count). The lowest BCUT2D eigenvalue weighted by atomic mass is 9.66. The first-order valence-corrected chi connectivity index (χ1v) is 27.9. The van der Waals surface area contributed by atoms with Crippen molar-refractivity contribution in [1.29, 1.82) is 0 Å². The number of rotatable bonds is 11. The molecule has 340 valence electrons. The van der Waals surface area contributed by atoms with E-state index >= 15 is 0 Å². The predicted molar refractivity (Wildman–Crippen MR) is 252 cm³/mol. The van der Waals surface area contributed by atoms with Crippen LogP contribution in [0.4, 0.5) is 0 Å². The quantitative estimate of drug-likeness (QED) is 0.0399. The van der Waals surface area contributed by atoms with Crippen molar-refractivity contribution < 1.29 is 41.9 Å². The van der Waals surface area contributed by atoms with Crippen LogP contribution in [0.25, 0.3) is 0 Å². The van der Waals surface area contributed by atoms with Crippen LogP contribution in [-0.4, -0.2) is 78.7 Å². The molecule has 8 bridgehead atoms. The number of allylic oxidation sites excluding steroid dienone is 7. The van der Waals surface area contributed by atoms with E-state index in [1.54, 1.807) is 55.2 Å². The van der Waals surface area contributed by atoms with Crippen molar-refractivity contribution in [3.05, 3.63) is 74.3 Å². The fourth-order valence-electron chi connectivity index (χ4n) is 12.3. The van der Waals surface area contributed by atoms with Crippen LogP contribution < -0.4 is 0 Å². The van der Waals surface area contributed by atoms with E-state index < -0.39 is 26.4 Å². The summed E-state index contributed by atoms with van der Waals surface area (Å²) in [5.41, 5.74) is 2.44. The first-order chi connectivity index (χ1) is 28.0. The molecule has 0 saturated heterocycles. The van der Waals surface area contributed by atoms with E-state index in [2.05, 4.69) is 96.7 Å². The Morgan fingerprint density at radius 3 is 1.25 bits per heavy atom. The standard InChI is InChI=1S/C14H20.C13H26O6Si2.C9H14.C5H12O3Si.C3H4.CH4P.CH4/c1-7-8(2)12-6-11(7)13-9-3-4-10(5-9)14(12)13;1-14-20(15-2,16-3)12-10-7-8-11(9-10)13(12)21(17-4,18-5)19-6;1-6-7(2)9-4-3-8(6)5-9;1-3-4-5-8-9(2,6)7;1-3-2;1-2;/h3-4,7-14H,5-6H2,1-2H3;7-8,10-13H,9H2,1-6H3;3-4,6-9H,5H2,1-2H3;4-7H,3H2,1-2H3;1-2H2;1-2H2;1H4/q;;;;;-1;/i;;;;;1D;. The van der Waals surface area contributed by atoms with Gasteiger partial charge in [-0.2, -0.15) is 0 Å². The van der Waals surface area contributed by atoms with Crippen LogP contribution in [0.2, 0.25) is 17.6 Å². The van der Waals surface area contributed by atoms with Gasteiger partial charge in [0.1, 0.15) is 0 Å². The Morgan fingerprint density at radius 2 is 0.966 bits per heavy atom. The minimum Gasteiger partial charge on any atom is -0.508 e. The summed E-state index contributed by atoms with van der Waals surface area (Å²) in [6.45, 7) is 20.4. The second-order valence-electron chi connectivity index (χ2n) is 17.6. The van der Waals surface area contributed by atoms with Crippen LogP contribution in [0.3, 0.4) is 0 Å². The molecule has 0 radical (unpaired) electrons. The van der Waals surface area contributed by atoms with Gasteiger partial charge in [-0.05, 0) is 115 Å². The van der Waals surface area contributed by atoms with Crippen LogP contribution in [0, 0.1) is 89.5 Å². The summed E-state index contributed by atoms with van der Waals surface area (Å²) in [5, 5.41) is 0. The third kappa shape index (κ3) is 11.6. The summed E-state index contributed by atoms with van der Waals surface area (Å²) in [6, 6.07) is 0. The molecule has 0 aliphatic heterocycles. The van der Waals surface area contributed by atoms with Gasteiger partial charge in [0.25, 0.3) is 0 Å². The van der Waals surface area contributed by atoms with E-state index in [9.17, 15) is 0 Å². The number of hydrogen-bond donors (Lipinski definition) is 2. The molecule has 8 aliphatic carbocycles. The van der Waals surface area contributed by atoms with Crippen molar-refractivity contribution in [2.24, 2.45) is 82.9 Å². The third-order valence-corrected chi connectivity index (χ3v) is 22.8. The predicted octanol–water partition coefficient (Wildman–Crippen LogP) is 10.2. The Kier molecular flexibility index (Phi) is 21.5. The normalized spacial score (nSPS) is 38.3. The van der Waals surface area contributed by atoms with Crippen molar-refractivity contribution >= 4 is 35.7 Å². The molecule has 0 aromatic rings. The first-order valence-electron chi connectivity index (χ1n) is 21.9. The van der Waals surface area contributed by atoms with Gasteiger partial charge in [-0.3, -0.25) is 0 Å². The fourth-order valence-corrected chi connectivity index (χ4v) is 19.5. The van der Waals surface area contributed by atoms with Crippen LogP contribution in [0.5, 0.6) is 0 Å². The number of hydrogen-bond acceptors (Lipinski definition) is 9. The topological polar surface area (TPSA) is 105 Å². The molecule has 0 heterocycles. The van der Waals surface area contributed by atoms with Gasteiger partial charge in [0.2, 0.25) is 0 Å². The molecule has 0 aromatic heterocycles. The summed E-state index contributed by atoms with van der Waals surface area (Å²) in [5.74, 6) is 13.0. The van der Waals surface area contributed by atoms with Gasteiger partial charge in [0.15, 0.2) is 0 Å². The molecule has 59 heavy (non-hydrogen) atoms. The second-order valence-corrected chi connectivity index (χ2v) is 25.9. The molecule has 9 nitrogen and oxygen atoms in total. The maximum absolute atomic E-state index is 8.67. The van der Waals surface area contributed by atoms with E-state index in [4.69, 9.17) is 37.5 Å². The van der Waals surface area contributed by atoms with E-state index in [1.165, 1.54) is 32.3 Å². The SMILES string of the molecule is C.C=C=C.CC1C(C)C2CC1C1C3C=CC(C3)C21.CC1C2C=CC(C2)C1C.CCC=CO[Si](C)(O)O.CO[Si](OC)(OC)C1C2C=CC(C2)C1[Si](OC)(OC)OC.[2H][CH-]P. The smallest absolute Gasteiger partial charge is 0.508 e. The zero-order valence-corrected chi connectivity index (χ0v) is 41.9. The van der Waals surface area contributed by atoms with Crippen LogP contribution in [-0.2, 0) is 31.0 Å². The summed E-state index contributed by atoms with van der Waals surface area (Å²) in [6.07, 6.45) is 23.9. The monoisotopic (exact) mass is 897 g/mol. The van der Waals surface area contributed by atoms with E-state index in [0.29, 0.717) is 11.8 Å². The average Bonchev–Trinajstić information content (AvgIpc) is 4.10. The Labute approximate surface area is 367 Å². The van der Waals surface area contributed by atoms with E-state index in [-0.39, 0.29) is 18.5 Å². The molecule has 0 amide bonds. The molecule has 2 N–H and O–H groups in total. The van der Waals surface area contributed by atoms with Gasteiger partial charge in [-0.15, -0.1) is 5.73 Å². The summed E-state index contributed by atoms with van der Waals surface area (Å²) >= 11 is 0. The highest BCUT2D eigenvalue weighted by molar-refractivity contribution is 7.17. The highest BCUT2D eigenvalue weighted by Gasteiger charge is 2.69. The van der Waals surface area contributed by atoms with Crippen LogP contribution in [0.15, 0.2) is 67.7 Å². The average molecular weight is 897 g/mol. The minimum absolute atomic E-state index is 0. The van der Waals surface area contributed by atoms with Gasteiger partial charge in [-0.25, -0.2) is 1.37 Å². The first kappa shape index (κ1) is 52.4. The summed E-state index contributed by atoms with van der Waals surface area (Å²) < 4.78 is 45.1. The van der Waals surface area contributed by atoms with E-state index in [0.717, 1.165) is 83.9 Å². The molecule has 0 spiro atoms. The Morgan fingerprint density at radius 1 is 0.661 bits per heavy atom. The van der Waals surface area contributed by atoms with Crippen molar-refractivity contribution in [1.82, 2.24) is 0 Å². The van der Waals surface area contributed by atoms with Crippen molar-refractivity contribution in [2.45, 2.75) is 91.8 Å². The Bertz CT molecular complexity index is 1330. The molecule has 5 saturated carbocycles. The highest BCUT2D eigenvalue weighted by Crippen LogP contribution is 2.68. The largest absolute Gasteiger partial charge is 0.556 e. The summed E-state index contributed by atoms with van der Waals surface area (Å²) in [7, 11) is 3.13. The van der Waals surface area contributed by atoms with Gasteiger partial charge < -0.3 is 56.5 Å². The lowest BCUT2D eigenvalue weighted by Crippen LogP contribution is -2.58. The molecule has 13 heteroatoms. The Balaban J connectivity index is 0.000000276. The van der Waals surface area contributed by atoms with Crippen molar-refractivity contribution in [3.63, 3.8) is 0 Å². The highest BCUT2D eigenvalue weighted by atomic mass is 31.0. The maximum atomic E-state index is 8.67. The molecular weight excluding hydrogens is 812 g/mol. The molecular formula is C46H84O9PSi3-. The van der Waals surface area contributed by atoms with Gasteiger partial charge in [0, 0.05) is 60.3 Å². The molecule has 5 fully saturated rings. The van der Waals surface area contributed by atoms with Crippen molar-refractivity contribution in [2.75, 3.05) is 42.7 Å². The third-order valence-electron chi connectivity index (χ3n) is 15.2. The molecule has 0 aromatic carbocycles. The Hall–Kier alpha value is -0.959. The number of fused-ring (bicyclic) bond motifs is 13. The lowest BCUT2D eigenvalue weighted by molar-refractivity contribution is 0.0824. The van der Waals surface area contributed by atoms with E-state index in [1.807, 2.05) is 6.92 Å². The minimum atomic E-state index is -3.28. The molecule has 17 unspecified atom stereocenters. The van der Waals surface area contributed by atoms with Crippen LogP contribution >= 0.6 is 9.24 Å². The van der Waals surface area contributed by atoms with Gasteiger partial charge in [-0.1, -0.05) is 97.7 Å². The summed E-state index contributed by atoms with van der Waals surface area (Å²) in [4.78, 5) is 17.3. The zero-order chi connectivity index (χ0) is 44.3.